The molecule has 0 spiro atoms. The summed E-state index contributed by atoms with van der Waals surface area (Å²) in [7, 11) is 0. The second-order valence-corrected chi connectivity index (χ2v) is 7.58. The van der Waals surface area contributed by atoms with Crippen molar-refractivity contribution in [2.24, 2.45) is 0 Å². The van der Waals surface area contributed by atoms with Crippen LogP contribution >= 0.6 is 0 Å². The number of nitrogens with zero attached hydrogens (tertiary/aromatic N) is 2. The van der Waals surface area contributed by atoms with E-state index in [4.69, 9.17) is 4.74 Å². The van der Waals surface area contributed by atoms with E-state index in [0.29, 0.717) is 0 Å². The molecule has 0 radical (unpaired) electrons. The summed E-state index contributed by atoms with van der Waals surface area (Å²) in [6.45, 7) is 12.1. The first-order valence-electron chi connectivity index (χ1n) is 8.88. The van der Waals surface area contributed by atoms with Gasteiger partial charge in [-0.25, -0.2) is 4.79 Å². The lowest BCUT2D eigenvalue weighted by molar-refractivity contribution is 0.00994. The third-order valence-electron chi connectivity index (χ3n) is 4.44. The molecule has 0 bridgehead atoms. The summed E-state index contributed by atoms with van der Waals surface area (Å²) in [5, 5.41) is 3.54. The van der Waals surface area contributed by atoms with E-state index < -0.39 is 5.60 Å². The molecule has 2 saturated heterocycles. The Morgan fingerprint density at radius 2 is 1.82 bits per heavy atom. The van der Waals surface area contributed by atoms with E-state index in [9.17, 15) is 4.79 Å². The van der Waals surface area contributed by atoms with Crippen LogP contribution in [0.4, 0.5) is 4.79 Å². The molecule has 1 unspecified atom stereocenters. The summed E-state index contributed by atoms with van der Waals surface area (Å²) < 4.78 is 5.55. The quantitative estimate of drug-likeness (QED) is 0.792. The summed E-state index contributed by atoms with van der Waals surface area (Å²) in [5.74, 6) is 0. The fraction of sp³-hybridized carbons (Fsp3) is 0.941. The SMILES string of the molecule is CC(C)(C)OC(=O)N1CCCCC1CNCCN1CCCC1. The molecular formula is C17H33N3O2. The molecule has 1 atom stereocenters. The average molecular weight is 311 g/mol. The predicted octanol–water partition coefficient (Wildman–Crippen LogP) is 2.46. The Morgan fingerprint density at radius 1 is 1.14 bits per heavy atom. The average Bonchev–Trinajstić information content (AvgIpc) is 2.95. The summed E-state index contributed by atoms with van der Waals surface area (Å²) in [4.78, 5) is 16.8. The zero-order valence-corrected chi connectivity index (χ0v) is 14.6. The van der Waals surface area contributed by atoms with Gasteiger partial charge in [0.2, 0.25) is 0 Å². The van der Waals surface area contributed by atoms with Crippen molar-refractivity contribution in [2.45, 2.75) is 64.5 Å². The number of hydrogen-bond donors (Lipinski definition) is 1. The fourth-order valence-corrected chi connectivity index (χ4v) is 3.29. The van der Waals surface area contributed by atoms with Crippen molar-refractivity contribution in [3.63, 3.8) is 0 Å². The highest BCUT2D eigenvalue weighted by Crippen LogP contribution is 2.20. The van der Waals surface area contributed by atoms with Crippen LogP contribution < -0.4 is 5.32 Å². The molecule has 0 aliphatic carbocycles. The van der Waals surface area contributed by atoms with Crippen molar-refractivity contribution in [3.8, 4) is 0 Å². The topological polar surface area (TPSA) is 44.8 Å². The van der Waals surface area contributed by atoms with Gasteiger partial charge in [-0.15, -0.1) is 0 Å². The molecule has 5 nitrogen and oxygen atoms in total. The minimum atomic E-state index is -0.414. The third kappa shape index (κ3) is 5.76. The molecule has 0 aromatic heterocycles. The molecule has 2 heterocycles. The predicted molar refractivity (Wildman–Crippen MR) is 89.1 cm³/mol. The molecule has 0 aromatic rings. The summed E-state index contributed by atoms with van der Waals surface area (Å²) in [6, 6.07) is 0.280. The number of likely N-dealkylation sites (tertiary alicyclic amines) is 2. The lowest BCUT2D eigenvalue weighted by atomic mass is 10.0. The first-order chi connectivity index (χ1) is 10.5. The van der Waals surface area contributed by atoms with Crippen LogP contribution in [-0.2, 0) is 4.74 Å². The van der Waals surface area contributed by atoms with Crippen LogP contribution in [0.3, 0.4) is 0 Å². The largest absolute Gasteiger partial charge is 0.444 e. The fourth-order valence-electron chi connectivity index (χ4n) is 3.29. The van der Waals surface area contributed by atoms with Gasteiger partial charge in [-0.05, 0) is 66.0 Å². The van der Waals surface area contributed by atoms with Crippen molar-refractivity contribution in [3.05, 3.63) is 0 Å². The van der Waals surface area contributed by atoms with Gasteiger partial charge in [0, 0.05) is 32.2 Å². The molecule has 2 fully saturated rings. The summed E-state index contributed by atoms with van der Waals surface area (Å²) in [5.41, 5.74) is -0.414. The van der Waals surface area contributed by atoms with Gasteiger partial charge in [0.1, 0.15) is 5.60 Å². The standard InChI is InChI=1S/C17H33N3O2/c1-17(2,3)22-16(21)20-12-5-4-8-15(20)14-18-9-13-19-10-6-7-11-19/h15,18H,4-14H2,1-3H3. The Bertz CT molecular complexity index is 348. The zero-order chi connectivity index (χ0) is 16.0. The molecule has 1 amide bonds. The Kier molecular flexibility index (Phi) is 6.50. The highest BCUT2D eigenvalue weighted by atomic mass is 16.6. The summed E-state index contributed by atoms with van der Waals surface area (Å²) in [6.07, 6.45) is 5.90. The number of carbonyl (C=O) groups excluding carboxylic acids is 1. The number of piperidine rings is 1. The zero-order valence-electron chi connectivity index (χ0n) is 14.6. The first kappa shape index (κ1) is 17.5. The van der Waals surface area contributed by atoms with E-state index in [2.05, 4.69) is 10.2 Å². The Balaban J connectivity index is 1.72. The van der Waals surface area contributed by atoms with Gasteiger partial charge in [-0.1, -0.05) is 0 Å². The number of carbonyl (C=O) groups is 1. The number of ether oxygens (including phenoxy) is 1. The van der Waals surface area contributed by atoms with Gasteiger partial charge in [0.25, 0.3) is 0 Å². The number of amides is 1. The van der Waals surface area contributed by atoms with E-state index in [1.807, 2.05) is 25.7 Å². The molecule has 0 saturated carbocycles. The van der Waals surface area contributed by atoms with Gasteiger partial charge in [-0.2, -0.15) is 0 Å². The van der Waals surface area contributed by atoms with Crippen LogP contribution in [0.25, 0.3) is 0 Å². The van der Waals surface area contributed by atoms with Crippen molar-refractivity contribution in [1.82, 2.24) is 15.1 Å². The lowest BCUT2D eigenvalue weighted by Crippen LogP contribution is -2.50. The second kappa shape index (κ2) is 8.16. The maximum Gasteiger partial charge on any atom is 0.410 e. The van der Waals surface area contributed by atoms with Gasteiger partial charge >= 0.3 is 6.09 Å². The number of rotatable bonds is 5. The Morgan fingerprint density at radius 3 is 2.50 bits per heavy atom. The van der Waals surface area contributed by atoms with Crippen LogP contribution in [0.5, 0.6) is 0 Å². The highest BCUT2D eigenvalue weighted by molar-refractivity contribution is 5.68. The summed E-state index contributed by atoms with van der Waals surface area (Å²) >= 11 is 0. The molecule has 22 heavy (non-hydrogen) atoms. The molecular weight excluding hydrogens is 278 g/mol. The van der Waals surface area contributed by atoms with E-state index >= 15 is 0 Å². The second-order valence-electron chi connectivity index (χ2n) is 7.58. The van der Waals surface area contributed by atoms with Crippen LogP contribution in [0.15, 0.2) is 0 Å². The van der Waals surface area contributed by atoms with Crippen LogP contribution in [0.1, 0.15) is 52.9 Å². The third-order valence-corrected chi connectivity index (χ3v) is 4.44. The minimum Gasteiger partial charge on any atom is -0.444 e. The van der Waals surface area contributed by atoms with Crippen molar-refractivity contribution in [2.75, 3.05) is 39.3 Å². The van der Waals surface area contributed by atoms with Crippen LogP contribution in [-0.4, -0.2) is 66.8 Å². The Labute approximate surface area is 135 Å². The van der Waals surface area contributed by atoms with Gasteiger partial charge in [0.15, 0.2) is 0 Å². The maximum absolute atomic E-state index is 12.3. The van der Waals surface area contributed by atoms with Crippen LogP contribution in [0.2, 0.25) is 0 Å². The molecule has 2 aliphatic heterocycles. The molecule has 1 N–H and O–H groups in total. The van der Waals surface area contributed by atoms with E-state index in [-0.39, 0.29) is 12.1 Å². The van der Waals surface area contributed by atoms with Crippen LogP contribution in [0, 0.1) is 0 Å². The monoisotopic (exact) mass is 311 g/mol. The van der Waals surface area contributed by atoms with Gasteiger partial charge < -0.3 is 19.9 Å². The van der Waals surface area contributed by atoms with Crippen molar-refractivity contribution < 1.29 is 9.53 Å². The van der Waals surface area contributed by atoms with Crippen molar-refractivity contribution >= 4 is 6.09 Å². The molecule has 5 heteroatoms. The Hall–Kier alpha value is -0.810. The van der Waals surface area contributed by atoms with E-state index in [0.717, 1.165) is 39.0 Å². The molecule has 0 aromatic carbocycles. The molecule has 2 rings (SSSR count). The number of hydrogen-bond acceptors (Lipinski definition) is 4. The highest BCUT2D eigenvalue weighted by Gasteiger charge is 2.30. The minimum absolute atomic E-state index is 0.154. The normalized spacial score (nSPS) is 23.8. The molecule has 2 aliphatic rings. The first-order valence-corrected chi connectivity index (χ1v) is 8.88. The lowest BCUT2D eigenvalue weighted by Gasteiger charge is -2.37. The number of nitrogens with one attached hydrogen (secondary N) is 1. The van der Waals surface area contributed by atoms with Gasteiger partial charge in [0.05, 0.1) is 0 Å². The van der Waals surface area contributed by atoms with E-state index in [1.54, 1.807) is 0 Å². The maximum atomic E-state index is 12.3. The van der Waals surface area contributed by atoms with Gasteiger partial charge in [-0.3, -0.25) is 0 Å². The smallest absolute Gasteiger partial charge is 0.410 e. The van der Waals surface area contributed by atoms with Crippen molar-refractivity contribution in [1.29, 1.82) is 0 Å². The van der Waals surface area contributed by atoms with E-state index in [1.165, 1.54) is 32.4 Å². The molecule has 128 valence electrons.